The van der Waals surface area contributed by atoms with Crippen LogP contribution >= 0.6 is 15.9 Å². The van der Waals surface area contributed by atoms with Crippen molar-refractivity contribution >= 4 is 27.9 Å². The van der Waals surface area contributed by atoms with Crippen molar-refractivity contribution in [1.29, 1.82) is 0 Å². The summed E-state index contributed by atoms with van der Waals surface area (Å²) in [6.07, 6.45) is -0.233. The number of benzene rings is 3. The maximum absolute atomic E-state index is 12.2. The van der Waals surface area contributed by atoms with E-state index in [1.165, 1.54) is 6.07 Å². The van der Waals surface area contributed by atoms with Crippen LogP contribution in [0.3, 0.4) is 0 Å². The largest absolute Gasteiger partial charge is 0.481 e. The summed E-state index contributed by atoms with van der Waals surface area (Å²) < 4.78 is 16.7. The monoisotopic (exact) mass is 468 g/mol. The van der Waals surface area contributed by atoms with E-state index in [-0.39, 0.29) is 18.5 Å². The molecular weight excluding hydrogens is 448 g/mol. The number of carbonyl (C=O) groups is 2. The lowest BCUT2D eigenvalue weighted by Crippen LogP contribution is -2.18. The zero-order valence-electron chi connectivity index (χ0n) is 16.6. The molecule has 6 heteroatoms. The highest BCUT2D eigenvalue weighted by molar-refractivity contribution is 9.10. The Hall–Kier alpha value is -3.12. The highest BCUT2D eigenvalue weighted by Crippen LogP contribution is 2.30. The Morgan fingerprint density at radius 2 is 1.67 bits per heavy atom. The van der Waals surface area contributed by atoms with Crippen LogP contribution in [-0.2, 0) is 9.53 Å². The van der Waals surface area contributed by atoms with Crippen molar-refractivity contribution in [2.75, 3.05) is 6.61 Å². The van der Waals surface area contributed by atoms with Gasteiger partial charge in [-0.3, -0.25) is 0 Å². The third kappa shape index (κ3) is 5.94. The highest BCUT2D eigenvalue weighted by Gasteiger charge is 2.13. The van der Waals surface area contributed by atoms with Gasteiger partial charge in [0.2, 0.25) is 0 Å². The lowest BCUT2D eigenvalue weighted by atomic mass is 10.1. The van der Waals surface area contributed by atoms with Crippen LogP contribution in [0.5, 0.6) is 11.5 Å². The zero-order chi connectivity index (χ0) is 21.5. The molecule has 0 aliphatic carbocycles. The van der Waals surface area contributed by atoms with Gasteiger partial charge in [0, 0.05) is 0 Å². The van der Waals surface area contributed by atoms with Gasteiger partial charge >= 0.3 is 11.9 Å². The molecule has 154 valence electrons. The van der Waals surface area contributed by atoms with Gasteiger partial charge in [-0.1, -0.05) is 42.5 Å². The Morgan fingerprint density at radius 1 is 0.900 bits per heavy atom. The standard InChI is InChI=1S/C24H21BrO5/c1-16(2)29-24(27)19-9-6-10-20(13-19)30-23(26)15-28-22-12-11-18(14-21(22)25)17-7-4-3-5-8-17/h3-14,16H,15H2,1-2H3. The van der Waals surface area contributed by atoms with Crippen molar-refractivity contribution in [2.45, 2.75) is 20.0 Å². The smallest absolute Gasteiger partial charge is 0.349 e. The molecule has 0 aliphatic heterocycles. The zero-order valence-corrected chi connectivity index (χ0v) is 18.2. The van der Waals surface area contributed by atoms with Gasteiger partial charge in [0.15, 0.2) is 6.61 Å². The topological polar surface area (TPSA) is 61.8 Å². The van der Waals surface area contributed by atoms with E-state index in [4.69, 9.17) is 14.2 Å². The number of hydrogen-bond donors (Lipinski definition) is 0. The SMILES string of the molecule is CC(C)OC(=O)c1cccc(OC(=O)COc2ccc(-c3ccccc3)cc2Br)c1. The van der Waals surface area contributed by atoms with E-state index in [0.717, 1.165) is 15.6 Å². The highest BCUT2D eigenvalue weighted by atomic mass is 79.9. The molecular formula is C24H21BrO5. The number of esters is 2. The molecule has 0 aromatic heterocycles. The van der Waals surface area contributed by atoms with Gasteiger partial charge in [-0.15, -0.1) is 0 Å². The third-order valence-electron chi connectivity index (χ3n) is 4.03. The minimum absolute atomic E-state index is 0.233. The van der Waals surface area contributed by atoms with Crippen molar-refractivity contribution in [1.82, 2.24) is 0 Å². The van der Waals surface area contributed by atoms with Crippen LogP contribution in [0.4, 0.5) is 0 Å². The molecule has 0 N–H and O–H groups in total. The Balaban J connectivity index is 1.59. The van der Waals surface area contributed by atoms with E-state index < -0.39 is 11.9 Å². The molecule has 0 saturated carbocycles. The fraction of sp³-hybridized carbons (Fsp3) is 0.167. The molecule has 30 heavy (non-hydrogen) atoms. The summed E-state index contributed by atoms with van der Waals surface area (Å²) in [6.45, 7) is 3.26. The first-order valence-electron chi connectivity index (χ1n) is 9.42. The van der Waals surface area contributed by atoms with E-state index in [9.17, 15) is 9.59 Å². The van der Waals surface area contributed by atoms with Crippen molar-refractivity contribution in [3.05, 3.63) is 82.8 Å². The lowest BCUT2D eigenvalue weighted by molar-refractivity contribution is -0.136. The van der Waals surface area contributed by atoms with E-state index in [0.29, 0.717) is 11.3 Å². The van der Waals surface area contributed by atoms with Gasteiger partial charge in [-0.2, -0.15) is 0 Å². The Bertz CT molecular complexity index is 1030. The quantitative estimate of drug-likeness (QED) is 0.330. The number of rotatable bonds is 7. The predicted molar refractivity (Wildman–Crippen MR) is 118 cm³/mol. The molecule has 0 aliphatic rings. The number of halogens is 1. The van der Waals surface area contributed by atoms with Crippen molar-refractivity contribution in [3.63, 3.8) is 0 Å². The number of carbonyl (C=O) groups excluding carboxylic acids is 2. The normalized spacial score (nSPS) is 10.5. The average molecular weight is 469 g/mol. The second kappa shape index (κ2) is 10.1. The molecule has 0 saturated heterocycles. The van der Waals surface area contributed by atoms with Gasteiger partial charge in [-0.05, 0) is 71.2 Å². The van der Waals surface area contributed by atoms with Crippen LogP contribution in [0, 0.1) is 0 Å². The first-order valence-corrected chi connectivity index (χ1v) is 10.2. The Morgan fingerprint density at radius 3 is 2.37 bits per heavy atom. The van der Waals surface area contributed by atoms with Crippen molar-refractivity contribution in [3.8, 4) is 22.6 Å². The first kappa shape index (κ1) is 21.6. The summed E-state index contributed by atoms with van der Waals surface area (Å²) in [7, 11) is 0. The van der Waals surface area contributed by atoms with E-state index in [1.54, 1.807) is 38.1 Å². The summed E-state index contributed by atoms with van der Waals surface area (Å²) >= 11 is 3.48. The molecule has 0 heterocycles. The molecule has 0 bridgehead atoms. The van der Waals surface area contributed by atoms with Gasteiger partial charge in [0.25, 0.3) is 0 Å². The van der Waals surface area contributed by atoms with Crippen molar-refractivity contribution in [2.24, 2.45) is 0 Å². The van der Waals surface area contributed by atoms with Crippen LogP contribution in [0.2, 0.25) is 0 Å². The molecule has 0 atom stereocenters. The van der Waals surface area contributed by atoms with E-state index >= 15 is 0 Å². The molecule has 0 amide bonds. The van der Waals surface area contributed by atoms with Crippen molar-refractivity contribution < 1.29 is 23.8 Å². The minimum atomic E-state index is -0.580. The fourth-order valence-corrected chi connectivity index (χ4v) is 3.19. The van der Waals surface area contributed by atoms with E-state index in [2.05, 4.69) is 15.9 Å². The van der Waals surface area contributed by atoms with Crippen LogP contribution in [0.25, 0.3) is 11.1 Å². The number of ether oxygens (including phenoxy) is 3. The Labute approximate surface area is 183 Å². The first-order chi connectivity index (χ1) is 14.4. The van der Waals surface area contributed by atoms with Crippen LogP contribution in [-0.4, -0.2) is 24.6 Å². The molecule has 0 unspecified atom stereocenters. The minimum Gasteiger partial charge on any atom is -0.481 e. The second-order valence-corrected chi connectivity index (χ2v) is 7.61. The van der Waals surface area contributed by atoms with Gasteiger partial charge in [-0.25, -0.2) is 9.59 Å². The third-order valence-corrected chi connectivity index (χ3v) is 4.65. The summed E-state index contributed by atoms with van der Waals surface area (Å²) in [5.74, 6) is -0.272. The molecule has 0 spiro atoms. The van der Waals surface area contributed by atoms with Gasteiger partial charge in [0.05, 0.1) is 16.1 Å². The molecule has 3 rings (SSSR count). The summed E-state index contributed by atoms with van der Waals surface area (Å²) in [4.78, 5) is 24.1. The molecule has 0 fully saturated rings. The summed E-state index contributed by atoms with van der Waals surface area (Å²) in [6, 6.07) is 21.9. The van der Waals surface area contributed by atoms with Gasteiger partial charge in [0.1, 0.15) is 11.5 Å². The maximum atomic E-state index is 12.2. The molecule has 3 aromatic rings. The maximum Gasteiger partial charge on any atom is 0.349 e. The number of hydrogen-bond acceptors (Lipinski definition) is 5. The average Bonchev–Trinajstić information content (AvgIpc) is 2.73. The second-order valence-electron chi connectivity index (χ2n) is 6.76. The predicted octanol–water partition coefficient (Wildman–Crippen LogP) is 5.67. The fourth-order valence-electron chi connectivity index (χ4n) is 2.69. The van der Waals surface area contributed by atoms with Crippen LogP contribution in [0.1, 0.15) is 24.2 Å². The van der Waals surface area contributed by atoms with Gasteiger partial charge < -0.3 is 14.2 Å². The molecule has 3 aromatic carbocycles. The lowest BCUT2D eigenvalue weighted by Gasteiger charge is -2.11. The summed E-state index contributed by atoms with van der Waals surface area (Å²) in [5, 5.41) is 0. The molecule has 5 nitrogen and oxygen atoms in total. The Kier molecular flexibility index (Phi) is 7.25. The summed E-state index contributed by atoms with van der Waals surface area (Å²) in [5.41, 5.74) is 2.43. The van der Waals surface area contributed by atoms with Crippen LogP contribution in [0.15, 0.2) is 77.3 Å². The van der Waals surface area contributed by atoms with E-state index in [1.807, 2.05) is 42.5 Å². The molecule has 0 radical (unpaired) electrons. The van der Waals surface area contributed by atoms with Crippen LogP contribution < -0.4 is 9.47 Å².